The van der Waals surface area contributed by atoms with Crippen molar-refractivity contribution in [2.24, 2.45) is 0 Å². The molecule has 1 aliphatic rings. The molecule has 1 saturated heterocycles. The smallest absolute Gasteiger partial charge is 0.134 e. The van der Waals surface area contributed by atoms with Crippen LogP contribution in [0.1, 0.15) is 19.3 Å². The van der Waals surface area contributed by atoms with E-state index in [0.29, 0.717) is 6.04 Å². The van der Waals surface area contributed by atoms with Crippen LogP contribution in [0.4, 0.5) is 5.82 Å². The molecule has 4 heterocycles. The Bertz CT molecular complexity index is 812. The summed E-state index contributed by atoms with van der Waals surface area (Å²) in [4.78, 5) is 13.2. The molecular formula is C19H21N5. The van der Waals surface area contributed by atoms with Crippen molar-refractivity contribution in [3.05, 3.63) is 49.1 Å². The molecule has 1 atom stereocenters. The molecule has 0 amide bonds. The number of hydrogen-bond acceptors (Lipinski definition) is 5. The lowest BCUT2D eigenvalue weighted by Gasteiger charge is -2.24. The highest BCUT2D eigenvalue weighted by Gasteiger charge is 2.14. The predicted molar refractivity (Wildman–Crippen MR) is 96.9 cm³/mol. The van der Waals surface area contributed by atoms with Crippen molar-refractivity contribution >= 4 is 16.6 Å². The summed E-state index contributed by atoms with van der Waals surface area (Å²) in [7, 11) is 0. The van der Waals surface area contributed by atoms with Gasteiger partial charge < -0.3 is 10.6 Å². The van der Waals surface area contributed by atoms with Crippen molar-refractivity contribution in [2.45, 2.75) is 25.3 Å². The number of aromatic nitrogens is 3. The van der Waals surface area contributed by atoms with Gasteiger partial charge in [0.25, 0.3) is 0 Å². The highest BCUT2D eigenvalue weighted by atomic mass is 15.0. The molecule has 3 aromatic heterocycles. The lowest BCUT2D eigenvalue weighted by Crippen LogP contribution is -2.39. The lowest BCUT2D eigenvalue weighted by atomic mass is 10.0. The minimum absolute atomic E-state index is 0.516. The molecular weight excluding hydrogens is 298 g/mol. The van der Waals surface area contributed by atoms with Crippen molar-refractivity contribution in [3.63, 3.8) is 0 Å². The first-order chi connectivity index (χ1) is 11.9. The maximum absolute atomic E-state index is 4.86. The Hall–Kier alpha value is -2.53. The molecule has 24 heavy (non-hydrogen) atoms. The molecule has 3 aromatic rings. The number of nitrogens with one attached hydrogen (secondary N) is 2. The topological polar surface area (TPSA) is 62.7 Å². The van der Waals surface area contributed by atoms with Gasteiger partial charge in [-0.05, 0) is 43.7 Å². The lowest BCUT2D eigenvalue weighted by molar-refractivity contribution is 0.414. The van der Waals surface area contributed by atoms with Crippen molar-refractivity contribution in [1.29, 1.82) is 0 Å². The van der Waals surface area contributed by atoms with E-state index in [1.165, 1.54) is 19.3 Å². The van der Waals surface area contributed by atoms with Crippen LogP contribution in [-0.2, 0) is 0 Å². The molecule has 0 radical (unpaired) electrons. The van der Waals surface area contributed by atoms with Crippen LogP contribution in [0.25, 0.3) is 22.0 Å². The van der Waals surface area contributed by atoms with E-state index in [2.05, 4.69) is 26.7 Å². The van der Waals surface area contributed by atoms with E-state index in [0.717, 1.165) is 40.9 Å². The average molecular weight is 319 g/mol. The number of hydrogen-bond donors (Lipinski definition) is 2. The van der Waals surface area contributed by atoms with E-state index in [1.807, 2.05) is 30.6 Å². The summed E-state index contributed by atoms with van der Waals surface area (Å²) in [6.45, 7) is 2.01. The molecule has 1 unspecified atom stereocenters. The van der Waals surface area contributed by atoms with E-state index in [-0.39, 0.29) is 0 Å². The van der Waals surface area contributed by atoms with Crippen molar-refractivity contribution in [2.75, 3.05) is 18.4 Å². The van der Waals surface area contributed by atoms with E-state index in [4.69, 9.17) is 4.98 Å². The van der Waals surface area contributed by atoms with Gasteiger partial charge in [0.05, 0.1) is 5.69 Å². The minimum Gasteiger partial charge on any atom is -0.368 e. The Morgan fingerprint density at radius 2 is 1.96 bits per heavy atom. The Morgan fingerprint density at radius 3 is 2.79 bits per heavy atom. The molecule has 0 bridgehead atoms. The van der Waals surface area contributed by atoms with Gasteiger partial charge in [0.1, 0.15) is 5.82 Å². The Labute approximate surface area is 141 Å². The van der Waals surface area contributed by atoms with E-state index in [1.54, 1.807) is 12.4 Å². The van der Waals surface area contributed by atoms with Gasteiger partial charge in [0.15, 0.2) is 0 Å². The minimum atomic E-state index is 0.516. The van der Waals surface area contributed by atoms with Crippen LogP contribution < -0.4 is 10.6 Å². The van der Waals surface area contributed by atoms with Gasteiger partial charge in [0.2, 0.25) is 0 Å². The fourth-order valence-electron chi connectivity index (χ4n) is 3.22. The standard InChI is InChI=1S/C19H21N5/c1-2-7-22-16(3-1)13-23-19-17-6-10-21-12-15(17)11-18(24-19)14-4-8-20-9-5-14/h4-6,8-12,16,22H,1-3,7,13H2,(H,23,24). The summed E-state index contributed by atoms with van der Waals surface area (Å²) in [5, 5.41) is 9.33. The number of rotatable bonds is 4. The van der Waals surface area contributed by atoms with Gasteiger partial charge in [-0.2, -0.15) is 0 Å². The fraction of sp³-hybridized carbons (Fsp3) is 0.316. The molecule has 4 rings (SSSR count). The number of nitrogens with zero attached hydrogens (tertiary/aromatic N) is 3. The predicted octanol–water partition coefficient (Wildman–Crippen LogP) is 3.25. The summed E-state index contributed by atoms with van der Waals surface area (Å²) in [5.41, 5.74) is 2.01. The fourth-order valence-corrected chi connectivity index (χ4v) is 3.22. The zero-order chi connectivity index (χ0) is 16.2. The van der Waals surface area contributed by atoms with Crippen LogP contribution in [0.3, 0.4) is 0 Å². The summed E-state index contributed by atoms with van der Waals surface area (Å²) in [6.07, 6.45) is 11.1. The van der Waals surface area contributed by atoms with E-state index >= 15 is 0 Å². The Kier molecular flexibility index (Phi) is 4.34. The molecule has 0 saturated carbocycles. The average Bonchev–Trinajstić information content (AvgIpc) is 2.67. The van der Waals surface area contributed by atoms with Crippen LogP contribution >= 0.6 is 0 Å². The van der Waals surface area contributed by atoms with Crippen molar-refractivity contribution < 1.29 is 0 Å². The second kappa shape index (κ2) is 6.93. The van der Waals surface area contributed by atoms with E-state index in [9.17, 15) is 0 Å². The van der Waals surface area contributed by atoms with Gasteiger partial charge in [-0.3, -0.25) is 9.97 Å². The first-order valence-electron chi connectivity index (χ1n) is 8.52. The second-order valence-corrected chi connectivity index (χ2v) is 6.22. The molecule has 1 fully saturated rings. The maximum Gasteiger partial charge on any atom is 0.134 e. The largest absolute Gasteiger partial charge is 0.368 e. The summed E-state index contributed by atoms with van der Waals surface area (Å²) in [5.74, 6) is 0.925. The molecule has 0 aliphatic carbocycles. The van der Waals surface area contributed by atoms with Crippen LogP contribution in [-0.4, -0.2) is 34.1 Å². The molecule has 5 nitrogen and oxygen atoms in total. The normalized spacial score (nSPS) is 17.8. The van der Waals surface area contributed by atoms with Gasteiger partial charge in [-0.25, -0.2) is 4.98 Å². The first-order valence-corrected chi connectivity index (χ1v) is 8.52. The maximum atomic E-state index is 4.86. The monoisotopic (exact) mass is 319 g/mol. The number of anilines is 1. The van der Waals surface area contributed by atoms with Crippen molar-refractivity contribution in [1.82, 2.24) is 20.3 Å². The first kappa shape index (κ1) is 15.0. The third-order valence-electron chi connectivity index (χ3n) is 4.54. The van der Waals surface area contributed by atoms with Crippen LogP contribution in [0.5, 0.6) is 0 Å². The number of pyridine rings is 3. The third-order valence-corrected chi connectivity index (χ3v) is 4.54. The molecule has 1 aliphatic heterocycles. The van der Waals surface area contributed by atoms with Gasteiger partial charge in [-0.1, -0.05) is 6.42 Å². The Morgan fingerprint density at radius 1 is 1.08 bits per heavy atom. The summed E-state index contributed by atoms with van der Waals surface area (Å²) >= 11 is 0. The van der Waals surface area contributed by atoms with Gasteiger partial charge in [-0.15, -0.1) is 0 Å². The molecule has 2 N–H and O–H groups in total. The second-order valence-electron chi connectivity index (χ2n) is 6.22. The van der Waals surface area contributed by atoms with Gasteiger partial charge in [0, 0.05) is 53.7 Å². The zero-order valence-electron chi connectivity index (χ0n) is 13.6. The highest BCUT2D eigenvalue weighted by Crippen LogP contribution is 2.27. The zero-order valence-corrected chi connectivity index (χ0v) is 13.6. The third kappa shape index (κ3) is 3.21. The van der Waals surface area contributed by atoms with Crippen molar-refractivity contribution in [3.8, 4) is 11.3 Å². The van der Waals surface area contributed by atoms with Crippen LogP contribution in [0.15, 0.2) is 49.1 Å². The van der Waals surface area contributed by atoms with Gasteiger partial charge >= 0.3 is 0 Å². The number of piperidine rings is 1. The quantitative estimate of drug-likeness (QED) is 0.773. The molecule has 122 valence electrons. The van der Waals surface area contributed by atoms with Crippen LogP contribution in [0.2, 0.25) is 0 Å². The number of fused-ring (bicyclic) bond motifs is 1. The SMILES string of the molecule is c1cc(-c2cc3cnccc3c(NCC3CCCCN3)n2)ccn1. The Balaban J connectivity index is 1.67. The summed E-state index contributed by atoms with van der Waals surface area (Å²) in [6, 6.07) is 8.59. The summed E-state index contributed by atoms with van der Waals surface area (Å²) < 4.78 is 0. The molecule has 0 spiro atoms. The van der Waals surface area contributed by atoms with Crippen LogP contribution in [0, 0.1) is 0 Å². The van der Waals surface area contributed by atoms with E-state index < -0.39 is 0 Å². The highest BCUT2D eigenvalue weighted by molar-refractivity contribution is 5.93. The molecule has 0 aromatic carbocycles. The molecule has 5 heteroatoms.